The SMILES string of the molecule is CC(C)c1ccc(OC(C)c2nnc(SCC(=O)Nc3ccccc3C(F)(F)F)n2C)cc1. The lowest BCUT2D eigenvalue weighted by Gasteiger charge is -2.15. The average molecular weight is 479 g/mol. The van der Waals surface area contributed by atoms with Gasteiger partial charge in [-0.15, -0.1) is 10.2 Å². The van der Waals surface area contributed by atoms with E-state index in [-0.39, 0.29) is 11.4 Å². The summed E-state index contributed by atoms with van der Waals surface area (Å²) in [6.45, 7) is 6.08. The lowest BCUT2D eigenvalue weighted by atomic mass is 10.0. The fraction of sp³-hybridized carbons (Fsp3) is 0.348. The molecule has 0 aliphatic rings. The van der Waals surface area contributed by atoms with Crippen molar-refractivity contribution < 1.29 is 22.7 Å². The standard InChI is InChI=1S/C23H25F3N4O2S/c1-14(2)16-9-11-17(12-10-16)32-15(3)21-28-29-22(30(21)4)33-13-20(31)27-19-8-6-5-7-18(19)23(24,25)26/h5-12,14-15H,13H2,1-4H3,(H,27,31). The van der Waals surface area contributed by atoms with Gasteiger partial charge in [-0.05, 0) is 42.7 Å². The number of carbonyl (C=O) groups is 1. The van der Waals surface area contributed by atoms with Gasteiger partial charge in [-0.25, -0.2) is 0 Å². The van der Waals surface area contributed by atoms with Crippen molar-refractivity contribution in [2.75, 3.05) is 11.1 Å². The van der Waals surface area contributed by atoms with Crippen molar-refractivity contribution in [2.24, 2.45) is 7.05 Å². The summed E-state index contributed by atoms with van der Waals surface area (Å²) < 4.78 is 47.0. The number of para-hydroxylation sites is 1. The van der Waals surface area contributed by atoms with Crippen LogP contribution in [0.4, 0.5) is 18.9 Å². The van der Waals surface area contributed by atoms with E-state index in [1.165, 1.54) is 23.8 Å². The molecule has 1 amide bonds. The van der Waals surface area contributed by atoms with E-state index in [1.54, 1.807) is 11.6 Å². The Hall–Kier alpha value is -3.01. The van der Waals surface area contributed by atoms with Gasteiger partial charge in [0.1, 0.15) is 5.75 Å². The minimum atomic E-state index is -4.55. The van der Waals surface area contributed by atoms with Gasteiger partial charge in [0, 0.05) is 7.05 Å². The highest BCUT2D eigenvalue weighted by Crippen LogP contribution is 2.34. The molecular weight excluding hydrogens is 453 g/mol. The number of alkyl halides is 3. The van der Waals surface area contributed by atoms with Crippen LogP contribution < -0.4 is 10.1 Å². The van der Waals surface area contributed by atoms with Crippen LogP contribution >= 0.6 is 11.8 Å². The van der Waals surface area contributed by atoms with Crippen LogP contribution in [0.15, 0.2) is 53.7 Å². The number of hydrogen-bond donors (Lipinski definition) is 1. The molecule has 1 atom stereocenters. The zero-order chi connectivity index (χ0) is 24.2. The van der Waals surface area contributed by atoms with Crippen LogP contribution in [0, 0.1) is 0 Å². The van der Waals surface area contributed by atoms with Crippen LogP contribution in [-0.2, 0) is 18.0 Å². The van der Waals surface area contributed by atoms with E-state index >= 15 is 0 Å². The zero-order valence-electron chi connectivity index (χ0n) is 18.7. The van der Waals surface area contributed by atoms with Crippen molar-refractivity contribution in [3.05, 3.63) is 65.5 Å². The van der Waals surface area contributed by atoms with Gasteiger partial charge in [0.25, 0.3) is 0 Å². The predicted molar refractivity (Wildman–Crippen MR) is 121 cm³/mol. The molecule has 0 spiro atoms. The first-order valence-corrected chi connectivity index (χ1v) is 11.3. The van der Waals surface area contributed by atoms with Crippen molar-refractivity contribution in [3.8, 4) is 5.75 Å². The van der Waals surface area contributed by atoms with Gasteiger partial charge in [-0.1, -0.05) is 49.9 Å². The van der Waals surface area contributed by atoms with Gasteiger partial charge in [0.2, 0.25) is 5.91 Å². The van der Waals surface area contributed by atoms with Gasteiger partial charge in [0.15, 0.2) is 17.1 Å². The number of aromatic nitrogens is 3. The minimum Gasteiger partial charge on any atom is -0.483 e. The number of nitrogens with one attached hydrogen (secondary N) is 1. The molecular formula is C23H25F3N4O2S. The maximum atomic E-state index is 13.1. The van der Waals surface area contributed by atoms with E-state index in [4.69, 9.17) is 4.74 Å². The smallest absolute Gasteiger partial charge is 0.418 e. The molecule has 0 fully saturated rings. The van der Waals surface area contributed by atoms with E-state index in [1.807, 2.05) is 31.2 Å². The molecule has 0 saturated heterocycles. The Balaban J connectivity index is 1.60. The third-order valence-corrected chi connectivity index (χ3v) is 5.95. The Morgan fingerprint density at radius 3 is 2.39 bits per heavy atom. The van der Waals surface area contributed by atoms with Crippen molar-refractivity contribution in [1.29, 1.82) is 0 Å². The number of nitrogens with zero attached hydrogens (tertiary/aromatic N) is 3. The Labute approximate surface area is 194 Å². The summed E-state index contributed by atoms with van der Waals surface area (Å²) in [4.78, 5) is 12.3. The van der Waals surface area contributed by atoms with E-state index < -0.39 is 23.8 Å². The molecule has 0 bridgehead atoms. The van der Waals surface area contributed by atoms with Gasteiger partial charge in [0.05, 0.1) is 17.0 Å². The van der Waals surface area contributed by atoms with Crippen molar-refractivity contribution in [3.63, 3.8) is 0 Å². The molecule has 0 aliphatic heterocycles. The van der Waals surface area contributed by atoms with E-state index in [9.17, 15) is 18.0 Å². The highest BCUT2D eigenvalue weighted by Gasteiger charge is 2.33. The first-order valence-electron chi connectivity index (χ1n) is 10.3. The fourth-order valence-electron chi connectivity index (χ4n) is 3.15. The van der Waals surface area contributed by atoms with Crippen LogP contribution in [0.2, 0.25) is 0 Å². The lowest BCUT2D eigenvalue weighted by molar-refractivity contribution is -0.137. The molecule has 0 radical (unpaired) electrons. The van der Waals surface area contributed by atoms with Crippen LogP contribution in [0.3, 0.4) is 0 Å². The second-order valence-corrected chi connectivity index (χ2v) is 8.71. The average Bonchev–Trinajstić information content (AvgIpc) is 3.12. The number of carbonyl (C=O) groups excluding carboxylic acids is 1. The zero-order valence-corrected chi connectivity index (χ0v) is 19.5. The summed E-state index contributed by atoms with van der Waals surface area (Å²) in [7, 11) is 1.75. The molecule has 6 nitrogen and oxygen atoms in total. The molecule has 176 valence electrons. The first kappa shape index (κ1) is 24.6. The Morgan fingerprint density at radius 1 is 1.09 bits per heavy atom. The number of thioether (sulfide) groups is 1. The monoisotopic (exact) mass is 478 g/mol. The van der Waals surface area contributed by atoms with Crippen LogP contribution in [0.25, 0.3) is 0 Å². The van der Waals surface area contributed by atoms with E-state index in [0.717, 1.165) is 17.8 Å². The third-order valence-electron chi connectivity index (χ3n) is 4.93. The normalized spacial score (nSPS) is 12.6. The molecule has 1 aromatic heterocycles. The number of hydrogen-bond acceptors (Lipinski definition) is 5. The number of amides is 1. The quantitative estimate of drug-likeness (QED) is 0.413. The second kappa shape index (κ2) is 10.3. The second-order valence-electron chi connectivity index (χ2n) is 7.76. The molecule has 1 unspecified atom stereocenters. The number of ether oxygens (including phenoxy) is 1. The number of benzene rings is 2. The third kappa shape index (κ3) is 6.28. The molecule has 33 heavy (non-hydrogen) atoms. The van der Waals surface area contributed by atoms with Crippen molar-refractivity contribution in [2.45, 2.75) is 44.1 Å². The Morgan fingerprint density at radius 2 is 1.76 bits per heavy atom. The summed E-state index contributed by atoms with van der Waals surface area (Å²) in [5.74, 6) is 0.995. The van der Waals surface area contributed by atoms with Crippen molar-refractivity contribution >= 4 is 23.4 Å². The summed E-state index contributed by atoms with van der Waals surface area (Å²) in [5.41, 5.74) is 0.0416. The van der Waals surface area contributed by atoms with Gasteiger partial charge < -0.3 is 14.6 Å². The predicted octanol–water partition coefficient (Wildman–Crippen LogP) is 5.83. The van der Waals surface area contributed by atoms with Crippen molar-refractivity contribution in [1.82, 2.24) is 14.8 Å². The number of rotatable bonds is 8. The lowest BCUT2D eigenvalue weighted by Crippen LogP contribution is -2.18. The number of anilines is 1. The maximum Gasteiger partial charge on any atom is 0.418 e. The highest BCUT2D eigenvalue weighted by atomic mass is 32.2. The molecule has 0 saturated carbocycles. The fourth-order valence-corrected chi connectivity index (χ4v) is 3.87. The molecule has 1 N–H and O–H groups in total. The van der Waals surface area contributed by atoms with Crippen LogP contribution in [0.5, 0.6) is 5.75 Å². The molecule has 1 heterocycles. The number of halogens is 3. The molecule has 2 aromatic carbocycles. The first-order chi connectivity index (χ1) is 15.6. The van der Waals surface area contributed by atoms with E-state index in [2.05, 4.69) is 29.4 Å². The summed E-state index contributed by atoms with van der Waals surface area (Å²) in [5, 5.41) is 11.0. The molecule has 3 aromatic rings. The van der Waals surface area contributed by atoms with E-state index in [0.29, 0.717) is 22.6 Å². The molecule has 10 heteroatoms. The molecule has 3 rings (SSSR count). The largest absolute Gasteiger partial charge is 0.483 e. The Kier molecular flexibility index (Phi) is 7.68. The molecule has 0 aliphatic carbocycles. The Bertz CT molecular complexity index is 1100. The summed E-state index contributed by atoms with van der Waals surface area (Å²) >= 11 is 1.08. The topological polar surface area (TPSA) is 69.0 Å². The summed E-state index contributed by atoms with van der Waals surface area (Å²) in [6.07, 6.45) is -4.95. The summed E-state index contributed by atoms with van der Waals surface area (Å²) in [6, 6.07) is 12.7. The van der Waals surface area contributed by atoms with Crippen LogP contribution in [-0.4, -0.2) is 26.4 Å². The highest BCUT2D eigenvalue weighted by molar-refractivity contribution is 7.99. The van der Waals surface area contributed by atoms with Gasteiger partial charge in [-0.2, -0.15) is 13.2 Å². The van der Waals surface area contributed by atoms with Gasteiger partial charge >= 0.3 is 6.18 Å². The maximum absolute atomic E-state index is 13.1. The van der Waals surface area contributed by atoms with Crippen LogP contribution in [0.1, 0.15) is 49.7 Å². The van der Waals surface area contributed by atoms with Gasteiger partial charge in [-0.3, -0.25) is 4.79 Å². The minimum absolute atomic E-state index is 0.121.